The van der Waals surface area contributed by atoms with Gasteiger partial charge in [0.1, 0.15) is 6.61 Å². The lowest BCUT2D eigenvalue weighted by Gasteiger charge is -2.20. The van der Waals surface area contributed by atoms with Crippen molar-refractivity contribution in [3.63, 3.8) is 0 Å². The van der Waals surface area contributed by atoms with Crippen molar-refractivity contribution in [1.82, 2.24) is 4.72 Å². The smallest absolute Gasteiger partial charge is 0.336 e. The minimum atomic E-state index is -3.95. The molecule has 0 spiro atoms. The van der Waals surface area contributed by atoms with Crippen molar-refractivity contribution in [2.24, 2.45) is 0 Å². The first-order valence-corrected chi connectivity index (χ1v) is 14.7. The number of hydrogen-bond donors (Lipinski definition) is 4. The molecule has 0 fully saturated rings. The summed E-state index contributed by atoms with van der Waals surface area (Å²) in [5.41, 5.74) is 6.52. The molecule has 0 heterocycles. The van der Waals surface area contributed by atoms with Crippen LogP contribution in [0.25, 0.3) is 0 Å². The van der Waals surface area contributed by atoms with Gasteiger partial charge in [-0.25, -0.2) is 4.79 Å². The SMILES string of the molecule is C=CC(=O)OCCNS(=O)(=O)OCCNc1ccc(C(c2ccc(NCC)cc2)c2ccc(NCC)cc2)cc1. The van der Waals surface area contributed by atoms with Crippen LogP contribution in [0.15, 0.2) is 85.5 Å². The fraction of sp³-hybridized carbons (Fsp3) is 0.300. The van der Waals surface area contributed by atoms with Crippen LogP contribution < -0.4 is 20.7 Å². The Morgan fingerprint density at radius 2 is 1.20 bits per heavy atom. The van der Waals surface area contributed by atoms with Gasteiger partial charge in [0.25, 0.3) is 0 Å². The summed E-state index contributed by atoms with van der Waals surface area (Å²) < 4.78 is 35.7. The van der Waals surface area contributed by atoms with Gasteiger partial charge in [-0.15, -0.1) is 0 Å². The van der Waals surface area contributed by atoms with E-state index >= 15 is 0 Å². The van der Waals surface area contributed by atoms with Gasteiger partial charge in [-0.05, 0) is 66.9 Å². The highest BCUT2D eigenvalue weighted by molar-refractivity contribution is 7.84. The summed E-state index contributed by atoms with van der Waals surface area (Å²) in [4.78, 5) is 11.0. The van der Waals surface area contributed by atoms with Crippen LogP contribution in [0.5, 0.6) is 0 Å². The summed E-state index contributed by atoms with van der Waals surface area (Å²) in [5.74, 6) is -0.572. The minimum Gasteiger partial charge on any atom is -0.461 e. The lowest BCUT2D eigenvalue weighted by molar-refractivity contribution is -0.137. The van der Waals surface area contributed by atoms with E-state index in [0.717, 1.165) is 41.8 Å². The van der Waals surface area contributed by atoms with Crippen LogP contribution in [0.3, 0.4) is 0 Å². The molecular formula is C30H38N4O5S. The van der Waals surface area contributed by atoms with Crippen LogP contribution in [0.4, 0.5) is 17.1 Å². The maximum absolute atomic E-state index is 11.9. The molecule has 9 nitrogen and oxygen atoms in total. The van der Waals surface area contributed by atoms with Gasteiger partial charge in [0.05, 0.1) is 6.61 Å². The zero-order chi connectivity index (χ0) is 28.8. The first kappa shape index (κ1) is 30.7. The van der Waals surface area contributed by atoms with Gasteiger partial charge in [-0.1, -0.05) is 43.0 Å². The van der Waals surface area contributed by atoms with Crippen molar-refractivity contribution >= 4 is 33.3 Å². The van der Waals surface area contributed by atoms with Gasteiger partial charge in [-0.3, -0.25) is 4.18 Å². The molecule has 40 heavy (non-hydrogen) atoms. The Labute approximate surface area is 237 Å². The molecule has 0 unspecified atom stereocenters. The number of rotatable bonds is 17. The molecule has 214 valence electrons. The highest BCUT2D eigenvalue weighted by Gasteiger charge is 2.17. The van der Waals surface area contributed by atoms with E-state index in [1.54, 1.807) is 0 Å². The number of esters is 1. The Hall–Kier alpha value is -3.86. The molecule has 0 saturated heterocycles. The second-order valence-corrected chi connectivity index (χ2v) is 10.3. The fourth-order valence-electron chi connectivity index (χ4n) is 4.13. The summed E-state index contributed by atoms with van der Waals surface area (Å²) in [6.07, 6.45) is 1.01. The van der Waals surface area contributed by atoms with Crippen LogP contribution in [-0.2, 0) is 24.0 Å². The van der Waals surface area contributed by atoms with Crippen molar-refractivity contribution in [2.75, 3.05) is 55.3 Å². The van der Waals surface area contributed by atoms with E-state index in [0.29, 0.717) is 0 Å². The molecule has 0 bridgehead atoms. The van der Waals surface area contributed by atoms with E-state index < -0.39 is 16.3 Å². The van der Waals surface area contributed by atoms with E-state index in [2.05, 4.69) is 102 Å². The number of benzene rings is 3. The van der Waals surface area contributed by atoms with E-state index in [1.165, 1.54) is 11.1 Å². The van der Waals surface area contributed by atoms with E-state index in [1.807, 2.05) is 12.1 Å². The molecular weight excluding hydrogens is 528 g/mol. The second kappa shape index (κ2) is 15.7. The van der Waals surface area contributed by atoms with Crippen molar-refractivity contribution in [3.05, 3.63) is 102 Å². The van der Waals surface area contributed by atoms with E-state index in [4.69, 9.17) is 8.92 Å². The second-order valence-electron chi connectivity index (χ2n) is 8.83. The largest absolute Gasteiger partial charge is 0.461 e. The van der Waals surface area contributed by atoms with Crippen LogP contribution in [0.2, 0.25) is 0 Å². The standard InChI is InChI=1S/C30H38N4O5S/c1-4-29(35)38-21-20-34-40(36,37)39-22-19-33-28-17-11-25(12-18-28)30(23-7-13-26(14-8-23)31-5-2)24-9-15-27(16-10-24)32-6-3/h4,7-18,30-34H,1,5-6,19-22H2,2-3H3. The van der Waals surface area contributed by atoms with Gasteiger partial charge in [-0.2, -0.15) is 13.1 Å². The Morgan fingerprint density at radius 3 is 1.62 bits per heavy atom. The minimum absolute atomic E-state index is 0.0470. The third-order valence-corrected chi connectivity index (χ3v) is 6.99. The van der Waals surface area contributed by atoms with Gasteiger partial charge in [0.2, 0.25) is 0 Å². The lowest BCUT2D eigenvalue weighted by Crippen LogP contribution is -2.30. The molecule has 0 saturated carbocycles. The number of hydrogen-bond acceptors (Lipinski definition) is 8. The Morgan fingerprint density at radius 1 is 0.750 bits per heavy atom. The third kappa shape index (κ3) is 9.71. The average Bonchev–Trinajstić information content (AvgIpc) is 2.96. The summed E-state index contributed by atoms with van der Waals surface area (Å²) in [6.45, 7) is 9.17. The number of anilines is 3. The molecule has 10 heteroatoms. The molecule has 0 amide bonds. The predicted molar refractivity (Wildman–Crippen MR) is 161 cm³/mol. The topological polar surface area (TPSA) is 118 Å². The van der Waals surface area contributed by atoms with Gasteiger partial charge in [0, 0.05) is 55.2 Å². The number of nitrogens with one attached hydrogen (secondary N) is 4. The molecule has 3 aromatic rings. The molecule has 0 aliphatic rings. The third-order valence-electron chi connectivity index (χ3n) is 5.96. The lowest BCUT2D eigenvalue weighted by atomic mass is 9.85. The van der Waals surface area contributed by atoms with Crippen LogP contribution in [-0.4, -0.2) is 53.8 Å². The first-order chi connectivity index (χ1) is 19.3. The van der Waals surface area contributed by atoms with Crippen molar-refractivity contribution < 1.29 is 22.1 Å². The van der Waals surface area contributed by atoms with Crippen LogP contribution in [0, 0.1) is 0 Å². The molecule has 3 aromatic carbocycles. The van der Waals surface area contributed by atoms with Gasteiger partial charge in [0.15, 0.2) is 0 Å². The maximum atomic E-state index is 11.9. The quantitative estimate of drug-likeness (QED) is 0.0803. The number of carbonyl (C=O) groups is 1. The summed E-state index contributed by atoms with van der Waals surface area (Å²) >= 11 is 0. The summed E-state index contributed by atoms with van der Waals surface area (Å²) in [6, 6.07) is 25.1. The average molecular weight is 567 g/mol. The van der Waals surface area contributed by atoms with E-state index in [9.17, 15) is 13.2 Å². The van der Waals surface area contributed by atoms with Crippen molar-refractivity contribution in [2.45, 2.75) is 19.8 Å². The molecule has 0 aliphatic heterocycles. The molecule has 0 atom stereocenters. The zero-order valence-electron chi connectivity index (χ0n) is 23.0. The van der Waals surface area contributed by atoms with Crippen molar-refractivity contribution in [1.29, 1.82) is 0 Å². The zero-order valence-corrected chi connectivity index (χ0v) is 23.8. The van der Waals surface area contributed by atoms with Crippen LogP contribution >= 0.6 is 0 Å². The highest BCUT2D eigenvalue weighted by atomic mass is 32.2. The monoisotopic (exact) mass is 566 g/mol. The predicted octanol–water partition coefficient (Wildman–Crippen LogP) is 4.72. The Bertz CT molecular complexity index is 1260. The highest BCUT2D eigenvalue weighted by Crippen LogP contribution is 2.34. The first-order valence-electron chi connectivity index (χ1n) is 13.3. The Balaban J connectivity index is 1.62. The molecule has 0 aliphatic carbocycles. The van der Waals surface area contributed by atoms with Crippen LogP contribution in [0.1, 0.15) is 36.5 Å². The van der Waals surface area contributed by atoms with Gasteiger partial charge >= 0.3 is 16.3 Å². The number of ether oxygens (including phenoxy) is 1. The molecule has 3 rings (SSSR count). The molecule has 0 radical (unpaired) electrons. The van der Waals surface area contributed by atoms with Gasteiger partial charge < -0.3 is 20.7 Å². The van der Waals surface area contributed by atoms with Crippen molar-refractivity contribution in [3.8, 4) is 0 Å². The molecule has 4 N–H and O–H groups in total. The Kier molecular flexibility index (Phi) is 12.0. The normalized spacial score (nSPS) is 11.2. The fourth-order valence-corrected chi connectivity index (χ4v) is 4.85. The summed E-state index contributed by atoms with van der Waals surface area (Å²) in [5, 5.41) is 9.87. The van der Waals surface area contributed by atoms with E-state index in [-0.39, 0.29) is 32.2 Å². The summed E-state index contributed by atoms with van der Waals surface area (Å²) in [7, 11) is -3.95. The maximum Gasteiger partial charge on any atom is 0.336 e. The number of carbonyl (C=O) groups excluding carboxylic acids is 1. The molecule has 0 aromatic heterocycles.